The van der Waals surface area contributed by atoms with Crippen molar-refractivity contribution >= 4 is 0 Å². The SMILES string of the molecule is COCOc1ccc(C2(c3ccc(C)cc3)c3ccccc3-c3ccccc32)cc1. The molecule has 0 N–H and O–H groups in total. The molecule has 0 amide bonds. The Morgan fingerprint density at radius 1 is 0.633 bits per heavy atom. The molecule has 0 heterocycles. The van der Waals surface area contributed by atoms with Crippen LogP contribution in [0.2, 0.25) is 0 Å². The quantitative estimate of drug-likeness (QED) is 0.325. The molecule has 148 valence electrons. The Morgan fingerprint density at radius 3 is 1.67 bits per heavy atom. The molecule has 0 saturated heterocycles. The summed E-state index contributed by atoms with van der Waals surface area (Å²) >= 11 is 0. The maximum absolute atomic E-state index is 5.64. The first kappa shape index (κ1) is 18.7. The molecular weight excluding hydrogens is 368 g/mol. The standard InChI is InChI=1S/C28H24O2/c1-20-11-13-21(14-12-20)28(22-15-17-23(18-16-22)30-19-29-2)26-9-5-3-7-24(26)25-8-4-6-10-27(25)28/h3-18H,19H2,1-2H3. The molecule has 0 bridgehead atoms. The highest BCUT2D eigenvalue weighted by atomic mass is 16.7. The predicted octanol–water partition coefficient (Wildman–Crippen LogP) is 6.34. The molecule has 0 fully saturated rings. The van der Waals surface area contributed by atoms with E-state index < -0.39 is 0 Å². The largest absolute Gasteiger partial charge is 0.468 e. The van der Waals surface area contributed by atoms with Gasteiger partial charge in [0.25, 0.3) is 0 Å². The Bertz CT molecular complexity index is 1130. The summed E-state index contributed by atoms with van der Waals surface area (Å²) in [4.78, 5) is 0. The summed E-state index contributed by atoms with van der Waals surface area (Å²) in [6, 6.07) is 34.9. The van der Waals surface area contributed by atoms with E-state index in [1.807, 2.05) is 12.1 Å². The van der Waals surface area contributed by atoms with E-state index in [0.717, 1.165) is 5.75 Å². The van der Waals surface area contributed by atoms with Gasteiger partial charge in [-0.15, -0.1) is 0 Å². The molecule has 0 saturated carbocycles. The minimum Gasteiger partial charge on any atom is -0.468 e. The van der Waals surface area contributed by atoms with E-state index in [-0.39, 0.29) is 12.2 Å². The first-order valence-corrected chi connectivity index (χ1v) is 10.2. The van der Waals surface area contributed by atoms with Crippen molar-refractivity contribution in [1.82, 2.24) is 0 Å². The lowest BCUT2D eigenvalue weighted by Gasteiger charge is -2.34. The minimum absolute atomic E-state index is 0.244. The lowest BCUT2D eigenvalue weighted by atomic mass is 9.67. The molecule has 2 nitrogen and oxygen atoms in total. The number of hydrogen-bond acceptors (Lipinski definition) is 2. The Morgan fingerprint density at radius 2 is 1.13 bits per heavy atom. The van der Waals surface area contributed by atoms with Crippen molar-refractivity contribution in [3.63, 3.8) is 0 Å². The van der Waals surface area contributed by atoms with Crippen LogP contribution in [-0.4, -0.2) is 13.9 Å². The van der Waals surface area contributed by atoms with Crippen molar-refractivity contribution in [3.05, 3.63) is 125 Å². The molecule has 4 aromatic carbocycles. The van der Waals surface area contributed by atoms with E-state index in [4.69, 9.17) is 9.47 Å². The van der Waals surface area contributed by atoms with Crippen LogP contribution in [0.15, 0.2) is 97.1 Å². The third kappa shape index (κ3) is 2.76. The predicted molar refractivity (Wildman–Crippen MR) is 121 cm³/mol. The van der Waals surface area contributed by atoms with E-state index in [1.54, 1.807) is 7.11 Å². The topological polar surface area (TPSA) is 18.5 Å². The molecule has 0 unspecified atom stereocenters. The smallest absolute Gasteiger partial charge is 0.188 e. The Kier molecular flexibility index (Phi) is 4.65. The van der Waals surface area contributed by atoms with Crippen LogP contribution in [0.5, 0.6) is 5.75 Å². The maximum atomic E-state index is 5.64. The molecule has 0 radical (unpaired) electrons. The number of methoxy groups -OCH3 is 1. The molecule has 0 aliphatic heterocycles. The molecule has 0 aromatic heterocycles. The van der Waals surface area contributed by atoms with Gasteiger partial charge in [0, 0.05) is 7.11 Å². The summed E-state index contributed by atoms with van der Waals surface area (Å²) in [6.45, 7) is 2.38. The molecule has 2 heteroatoms. The summed E-state index contributed by atoms with van der Waals surface area (Å²) in [5, 5.41) is 0. The van der Waals surface area contributed by atoms with Crippen LogP contribution in [0.25, 0.3) is 11.1 Å². The highest BCUT2D eigenvalue weighted by Crippen LogP contribution is 2.55. The molecule has 4 aromatic rings. The first-order chi connectivity index (χ1) is 14.7. The van der Waals surface area contributed by atoms with Gasteiger partial charge in [0.15, 0.2) is 6.79 Å². The summed E-state index contributed by atoms with van der Waals surface area (Å²) in [5.74, 6) is 0.805. The second kappa shape index (κ2) is 7.47. The zero-order chi connectivity index (χ0) is 20.6. The summed E-state index contributed by atoms with van der Waals surface area (Å²) in [7, 11) is 1.63. The van der Waals surface area contributed by atoms with E-state index >= 15 is 0 Å². The van der Waals surface area contributed by atoms with Crippen molar-refractivity contribution in [1.29, 1.82) is 0 Å². The van der Waals surface area contributed by atoms with Crippen molar-refractivity contribution < 1.29 is 9.47 Å². The van der Waals surface area contributed by atoms with E-state index in [1.165, 1.54) is 38.9 Å². The molecule has 1 aliphatic rings. The number of fused-ring (bicyclic) bond motifs is 3. The van der Waals surface area contributed by atoms with Gasteiger partial charge in [-0.2, -0.15) is 0 Å². The lowest BCUT2D eigenvalue weighted by Crippen LogP contribution is -2.28. The Balaban J connectivity index is 1.80. The zero-order valence-corrected chi connectivity index (χ0v) is 17.3. The second-order valence-corrected chi connectivity index (χ2v) is 7.78. The lowest BCUT2D eigenvalue weighted by molar-refractivity contribution is 0.0511. The highest BCUT2D eigenvalue weighted by molar-refractivity contribution is 5.86. The number of aryl methyl sites for hydroxylation is 1. The number of ether oxygens (including phenoxy) is 2. The van der Waals surface area contributed by atoms with E-state index in [0.29, 0.717) is 0 Å². The van der Waals surface area contributed by atoms with Crippen molar-refractivity contribution in [2.45, 2.75) is 12.3 Å². The zero-order valence-electron chi connectivity index (χ0n) is 17.3. The van der Waals surface area contributed by atoms with Crippen LogP contribution in [-0.2, 0) is 10.2 Å². The van der Waals surface area contributed by atoms with Crippen LogP contribution in [0, 0.1) is 6.92 Å². The summed E-state index contributed by atoms with van der Waals surface area (Å²) in [5.41, 5.74) is 8.64. The summed E-state index contributed by atoms with van der Waals surface area (Å²) < 4.78 is 10.7. The molecule has 0 spiro atoms. The van der Waals surface area contributed by atoms with Crippen LogP contribution < -0.4 is 4.74 Å². The molecule has 1 aliphatic carbocycles. The average molecular weight is 392 g/mol. The van der Waals surface area contributed by atoms with Gasteiger partial charge in [-0.1, -0.05) is 90.5 Å². The third-order valence-corrected chi connectivity index (χ3v) is 6.07. The van der Waals surface area contributed by atoms with Crippen molar-refractivity contribution in [2.75, 3.05) is 13.9 Å². The normalized spacial score (nSPS) is 13.5. The van der Waals surface area contributed by atoms with Gasteiger partial charge in [0.2, 0.25) is 0 Å². The monoisotopic (exact) mass is 392 g/mol. The van der Waals surface area contributed by atoms with Gasteiger partial charge >= 0.3 is 0 Å². The number of benzene rings is 4. The van der Waals surface area contributed by atoms with Crippen molar-refractivity contribution in [2.24, 2.45) is 0 Å². The van der Waals surface area contributed by atoms with Crippen LogP contribution in [0.3, 0.4) is 0 Å². The van der Waals surface area contributed by atoms with Crippen molar-refractivity contribution in [3.8, 4) is 16.9 Å². The number of rotatable bonds is 5. The van der Waals surface area contributed by atoms with Gasteiger partial charge in [0.1, 0.15) is 5.75 Å². The van der Waals surface area contributed by atoms with Crippen LogP contribution in [0.1, 0.15) is 27.8 Å². The fourth-order valence-corrected chi connectivity index (χ4v) is 4.76. The Hall–Kier alpha value is -3.36. The van der Waals surface area contributed by atoms with Gasteiger partial charge in [-0.25, -0.2) is 0 Å². The molecule has 30 heavy (non-hydrogen) atoms. The minimum atomic E-state index is -0.360. The summed E-state index contributed by atoms with van der Waals surface area (Å²) in [6.07, 6.45) is 0. The highest BCUT2D eigenvalue weighted by Gasteiger charge is 2.45. The Labute approximate surface area is 177 Å². The van der Waals surface area contributed by atoms with E-state index in [9.17, 15) is 0 Å². The fraction of sp³-hybridized carbons (Fsp3) is 0.143. The van der Waals surface area contributed by atoms with Gasteiger partial charge in [0.05, 0.1) is 5.41 Å². The fourth-order valence-electron chi connectivity index (χ4n) is 4.76. The van der Waals surface area contributed by atoms with E-state index in [2.05, 4.69) is 91.9 Å². The second-order valence-electron chi connectivity index (χ2n) is 7.78. The molecular formula is C28H24O2. The van der Waals surface area contributed by atoms with Crippen LogP contribution in [0.4, 0.5) is 0 Å². The molecule has 5 rings (SSSR count). The average Bonchev–Trinajstić information content (AvgIpc) is 3.10. The third-order valence-electron chi connectivity index (χ3n) is 6.07. The number of hydrogen-bond donors (Lipinski definition) is 0. The maximum Gasteiger partial charge on any atom is 0.188 e. The van der Waals surface area contributed by atoms with Crippen LogP contribution >= 0.6 is 0 Å². The van der Waals surface area contributed by atoms with Gasteiger partial charge < -0.3 is 9.47 Å². The molecule has 0 atom stereocenters. The van der Waals surface area contributed by atoms with Gasteiger partial charge in [-0.05, 0) is 52.4 Å². The first-order valence-electron chi connectivity index (χ1n) is 10.2. The van der Waals surface area contributed by atoms with Gasteiger partial charge in [-0.3, -0.25) is 0 Å².